The Kier molecular flexibility index (Phi) is 3.32. The third-order valence-corrected chi connectivity index (χ3v) is 4.48. The van der Waals surface area contributed by atoms with Gasteiger partial charge < -0.3 is 5.32 Å². The van der Waals surface area contributed by atoms with Crippen molar-refractivity contribution in [1.29, 1.82) is 0 Å². The van der Waals surface area contributed by atoms with Crippen LogP contribution in [0.1, 0.15) is 18.9 Å². The Morgan fingerprint density at radius 1 is 1.35 bits per heavy atom. The first-order valence-electron chi connectivity index (χ1n) is 5.26. The van der Waals surface area contributed by atoms with Crippen molar-refractivity contribution in [2.75, 3.05) is 0 Å². The van der Waals surface area contributed by atoms with Gasteiger partial charge in [0.15, 0.2) is 0 Å². The van der Waals surface area contributed by atoms with Crippen LogP contribution < -0.4 is 5.32 Å². The topological polar surface area (TPSA) is 29.1 Å². The van der Waals surface area contributed by atoms with E-state index in [1.54, 1.807) is 19.1 Å². The van der Waals surface area contributed by atoms with Crippen molar-refractivity contribution in [3.05, 3.63) is 34.9 Å². The minimum absolute atomic E-state index is 0.113. The summed E-state index contributed by atoms with van der Waals surface area (Å²) in [5, 5.41) is 3.50. The van der Waals surface area contributed by atoms with Crippen LogP contribution in [0.15, 0.2) is 24.3 Å². The summed E-state index contributed by atoms with van der Waals surface area (Å²) in [5.74, 6) is -0.113. The minimum atomic E-state index is -0.920. The summed E-state index contributed by atoms with van der Waals surface area (Å²) in [6.07, 6.45) is 0.496. The summed E-state index contributed by atoms with van der Waals surface area (Å²) in [6, 6.07) is 7.31. The number of hydrogen-bond acceptors (Lipinski definition) is 1. The molecule has 0 aliphatic heterocycles. The van der Waals surface area contributed by atoms with Gasteiger partial charge in [-0.15, -0.1) is 23.2 Å². The van der Waals surface area contributed by atoms with Crippen molar-refractivity contribution >= 4 is 40.7 Å². The summed E-state index contributed by atoms with van der Waals surface area (Å²) < 4.78 is -0.920. The second-order valence-corrected chi connectivity index (χ2v) is 6.44. The Morgan fingerprint density at radius 2 is 1.88 bits per heavy atom. The summed E-state index contributed by atoms with van der Waals surface area (Å²) in [6.45, 7) is 2.22. The largest absolute Gasteiger partial charge is 0.351 e. The highest BCUT2D eigenvalue weighted by Crippen LogP contribution is 2.63. The molecule has 0 bridgehead atoms. The molecule has 1 aromatic carbocycles. The van der Waals surface area contributed by atoms with E-state index in [1.165, 1.54) is 0 Å². The van der Waals surface area contributed by atoms with Crippen LogP contribution in [0.5, 0.6) is 0 Å². The minimum Gasteiger partial charge on any atom is -0.351 e. The number of halogens is 3. The van der Waals surface area contributed by atoms with E-state index in [-0.39, 0.29) is 5.91 Å². The van der Waals surface area contributed by atoms with Gasteiger partial charge >= 0.3 is 0 Å². The van der Waals surface area contributed by atoms with Crippen LogP contribution in [0, 0.1) is 5.41 Å². The maximum Gasteiger partial charge on any atom is 0.229 e. The monoisotopic (exact) mass is 291 g/mol. The van der Waals surface area contributed by atoms with Crippen molar-refractivity contribution in [2.45, 2.75) is 24.2 Å². The van der Waals surface area contributed by atoms with Crippen molar-refractivity contribution in [3.63, 3.8) is 0 Å². The lowest BCUT2D eigenvalue weighted by atomic mass is 10.1. The number of rotatable bonds is 3. The van der Waals surface area contributed by atoms with Gasteiger partial charge in [0, 0.05) is 11.6 Å². The molecule has 1 aromatic rings. The lowest BCUT2D eigenvalue weighted by Gasteiger charge is -2.12. The SMILES string of the molecule is CC1(C(=O)NCc2ccc(Cl)cc2)CC1(Cl)Cl. The van der Waals surface area contributed by atoms with Crippen LogP contribution >= 0.6 is 34.8 Å². The second-order valence-electron chi connectivity index (χ2n) is 4.52. The molecule has 2 nitrogen and oxygen atoms in total. The van der Waals surface area contributed by atoms with Gasteiger partial charge in [0.1, 0.15) is 4.33 Å². The zero-order chi connectivity index (χ0) is 12.7. The fourth-order valence-corrected chi connectivity index (χ4v) is 2.46. The molecule has 0 spiro atoms. The van der Waals surface area contributed by atoms with Crippen LogP contribution in [0.4, 0.5) is 0 Å². The van der Waals surface area contributed by atoms with Gasteiger partial charge in [-0.2, -0.15) is 0 Å². The zero-order valence-electron chi connectivity index (χ0n) is 9.27. The second kappa shape index (κ2) is 4.34. The molecule has 17 heavy (non-hydrogen) atoms. The fraction of sp³-hybridized carbons (Fsp3) is 0.417. The Hall–Kier alpha value is -0.440. The molecule has 1 N–H and O–H groups in total. The molecule has 0 radical (unpaired) electrons. The lowest BCUT2D eigenvalue weighted by Crippen LogP contribution is -2.32. The smallest absolute Gasteiger partial charge is 0.229 e. The molecule has 2 rings (SSSR count). The van der Waals surface area contributed by atoms with Gasteiger partial charge in [-0.05, 0) is 31.0 Å². The van der Waals surface area contributed by atoms with Gasteiger partial charge in [-0.25, -0.2) is 0 Å². The quantitative estimate of drug-likeness (QED) is 0.848. The van der Waals surface area contributed by atoms with Crippen molar-refractivity contribution in [1.82, 2.24) is 5.32 Å². The molecule has 0 aromatic heterocycles. The van der Waals surface area contributed by atoms with Crippen molar-refractivity contribution in [3.8, 4) is 0 Å². The number of carbonyl (C=O) groups excluding carboxylic acids is 1. The van der Waals surface area contributed by atoms with E-state index < -0.39 is 9.75 Å². The zero-order valence-corrected chi connectivity index (χ0v) is 11.5. The first kappa shape index (κ1) is 13.0. The molecule has 1 fully saturated rings. The summed E-state index contributed by atoms with van der Waals surface area (Å²) in [7, 11) is 0. The first-order valence-corrected chi connectivity index (χ1v) is 6.39. The molecule has 1 unspecified atom stereocenters. The number of amides is 1. The normalized spacial score (nSPS) is 25.4. The molecule has 0 heterocycles. The van der Waals surface area contributed by atoms with E-state index >= 15 is 0 Å². The van der Waals surface area contributed by atoms with Crippen molar-refractivity contribution in [2.24, 2.45) is 5.41 Å². The molecule has 1 aliphatic rings. The lowest BCUT2D eigenvalue weighted by molar-refractivity contribution is -0.125. The van der Waals surface area contributed by atoms with E-state index in [1.807, 2.05) is 12.1 Å². The van der Waals surface area contributed by atoms with Crippen LogP contribution in [0.2, 0.25) is 5.02 Å². The fourth-order valence-electron chi connectivity index (χ4n) is 1.63. The average molecular weight is 293 g/mol. The third-order valence-electron chi connectivity index (χ3n) is 3.13. The maximum atomic E-state index is 11.9. The number of hydrogen-bond donors (Lipinski definition) is 1. The van der Waals surface area contributed by atoms with E-state index in [9.17, 15) is 4.79 Å². The molecule has 92 valence electrons. The highest BCUT2D eigenvalue weighted by molar-refractivity contribution is 6.53. The van der Waals surface area contributed by atoms with Gasteiger partial charge in [0.05, 0.1) is 5.41 Å². The Balaban J connectivity index is 1.91. The highest BCUT2D eigenvalue weighted by atomic mass is 35.5. The molecule has 1 amide bonds. The molecule has 1 saturated carbocycles. The van der Waals surface area contributed by atoms with Crippen molar-refractivity contribution < 1.29 is 4.79 Å². The van der Waals surface area contributed by atoms with Crippen LogP contribution in [-0.4, -0.2) is 10.2 Å². The van der Waals surface area contributed by atoms with Crippen LogP contribution in [0.3, 0.4) is 0 Å². The molecular formula is C12H12Cl3NO. The van der Waals surface area contributed by atoms with Crippen LogP contribution in [-0.2, 0) is 11.3 Å². The van der Waals surface area contributed by atoms with Gasteiger partial charge in [0.2, 0.25) is 5.91 Å². The maximum absolute atomic E-state index is 11.9. The standard InChI is InChI=1S/C12H12Cl3NO/c1-11(7-12(11,14)15)10(17)16-6-8-2-4-9(13)5-3-8/h2-5H,6-7H2,1H3,(H,16,17). The average Bonchev–Trinajstić information content (AvgIpc) is 2.78. The van der Waals surface area contributed by atoms with E-state index in [2.05, 4.69) is 5.32 Å². The Bertz CT molecular complexity index is 444. The summed E-state index contributed by atoms with van der Waals surface area (Å²) in [4.78, 5) is 11.9. The molecule has 0 saturated heterocycles. The number of alkyl halides is 2. The number of carbonyl (C=O) groups is 1. The molecule has 1 aliphatic carbocycles. The third kappa shape index (κ3) is 2.54. The summed E-state index contributed by atoms with van der Waals surface area (Å²) in [5.41, 5.74) is 0.324. The highest BCUT2D eigenvalue weighted by Gasteiger charge is 2.67. The molecule has 1 atom stereocenters. The van der Waals surface area contributed by atoms with Gasteiger partial charge in [0.25, 0.3) is 0 Å². The number of benzene rings is 1. The van der Waals surface area contributed by atoms with Crippen LogP contribution in [0.25, 0.3) is 0 Å². The van der Waals surface area contributed by atoms with Gasteiger partial charge in [-0.1, -0.05) is 23.7 Å². The Morgan fingerprint density at radius 3 is 2.35 bits per heavy atom. The van der Waals surface area contributed by atoms with E-state index in [0.29, 0.717) is 18.0 Å². The van der Waals surface area contributed by atoms with Gasteiger partial charge in [-0.3, -0.25) is 4.79 Å². The Labute approximate surface area is 115 Å². The summed E-state index contributed by atoms with van der Waals surface area (Å²) >= 11 is 17.6. The predicted molar refractivity (Wildman–Crippen MR) is 70.5 cm³/mol. The number of nitrogens with one attached hydrogen (secondary N) is 1. The van der Waals surface area contributed by atoms with E-state index in [0.717, 1.165) is 5.56 Å². The molecule has 5 heteroatoms. The first-order chi connectivity index (χ1) is 7.85. The molecular weight excluding hydrogens is 280 g/mol. The predicted octanol–water partition coefficient (Wildman–Crippen LogP) is 3.54. The van der Waals surface area contributed by atoms with E-state index in [4.69, 9.17) is 34.8 Å².